The number of hydrogen-bond donors (Lipinski definition) is 2. The highest BCUT2D eigenvalue weighted by Crippen LogP contribution is 2.52. The SMILES string of the molecule is Cc1cc(N2C[C@]34C=C[C@H](O3)[C@@H](C(=O)NCCc3c[nH]c5ccccc35)[C@@H]4C2=O)no1. The number of benzene rings is 1. The summed E-state index contributed by atoms with van der Waals surface area (Å²) >= 11 is 0. The second-order valence-electron chi connectivity index (χ2n) is 8.52. The van der Waals surface area contributed by atoms with Gasteiger partial charge < -0.3 is 19.6 Å². The van der Waals surface area contributed by atoms with Gasteiger partial charge in [-0.25, -0.2) is 0 Å². The van der Waals surface area contributed by atoms with Crippen LogP contribution in [-0.2, 0) is 20.7 Å². The first kappa shape index (κ1) is 18.4. The Balaban J connectivity index is 1.18. The summed E-state index contributed by atoms with van der Waals surface area (Å²) in [5.74, 6) is -0.287. The van der Waals surface area contributed by atoms with E-state index in [0.717, 1.165) is 16.5 Å². The van der Waals surface area contributed by atoms with Gasteiger partial charge in [-0.15, -0.1) is 0 Å². The summed E-state index contributed by atoms with van der Waals surface area (Å²) < 4.78 is 11.3. The van der Waals surface area contributed by atoms with Gasteiger partial charge >= 0.3 is 0 Å². The number of rotatable bonds is 5. The average molecular weight is 418 g/mol. The van der Waals surface area contributed by atoms with Crippen LogP contribution in [0, 0.1) is 18.8 Å². The maximum Gasteiger partial charge on any atom is 0.235 e. The Hall–Kier alpha value is -3.39. The lowest BCUT2D eigenvalue weighted by molar-refractivity contribution is -0.131. The number of H-pyrrole nitrogens is 1. The van der Waals surface area contributed by atoms with Crippen molar-refractivity contribution in [1.29, 1.82) is 0 Å². The Morgan fingerprint density at radius 3 is 3.10 bits per heavy atom. The molecule has 31 heavy (non-hydrogen) atoms. The number of anilines is 1. The third-order valence-electron chi connectivity index (χ3n) is 6.66. The highest BCUT2D eigenvalue weighted by molar-refractivity contribution is 6.02. The lowest BCUT2D eigenvalue weighted by Gasteiger charge is -2.23. The smallest absolute Gasteiger partial charge is 0.235 e. The Morgan fingerprint density at radius 2 is 2.26 bits per heavy atom. The lowest BCUT2D eigenvalue weighted by Crippen LogP contribution is -2.44. The van der Waals surface area contributed by atoms with Gasteiger partial charge in [0.15, 0.2) is 5.82 Å². The number of aromatic amines is 1. The summed E-state index contributed by atoms with van der Waals surface area (Å²) in [7, 11) is 0. The first-order valence-corrected chi connectivity index (χ1v) is 10.5. The second-order valence-corrected chi connectivity index (χ2v) is 8.52. The molecule has 0 unspecified atom stereocenters. The average Bonchev–Trinajstić information content (AvgIpc) is 3.56. The van der Waals surface area contributed by atoms with Crippen molar-refractivity contribution in [3.63, 3.8) is 0 Å². The topological polar surface area (TPSA) is 100 Å². The minimum absolute atomic E-state index is 0.142. The Morgan fingerprint density at radius 1 is 1.39 bits per heavy atom. The van der Waals surface area contributed by atoms with Crippen LogP contribution in [0.25, 0.3) is 10.9 Å². The third-order valence-corrected chi connectivity index (χ3v) is 6.66. The molecule has 4 atom stereocenters. The van der Waals surface area contributed by atoms with Crippen molar-refractivity contribution < 1.29 is 18.8 Å². The van der Waals surface area contributed by atoms with E-state index in [0.29, 0.717) is 31.1 Å². The van der Waals surface area contributed by atoms with Crippen LogP contribution in [0.1, 0.15) is 11.3 Å². The number of carbonyl (C=O) groups is 2. The molecule has 2 N–H and O–H groups in total. The molecule has 8 heteroatoms. The molecule has 0 radical (unpaired) electrons. The van der Waals surface area contributed by atoms with Crippen LogP contribution in [0.15, 0.2) is 53.2 Å². The molecule has 3 aromatic rings. The largest absolute Gasteiger partial charge is 0.361 e. The summed E-state index contributed by atoms with van der Waals surface area (Å²) in [4.78, 5) is 31.2. The fraction of sp³-hybridized carbons (Fsp3) is 0.348. The van der Waals surface area contributed by atoms with Gasteiger partial charge in [-0.3, -0.25) is 14.5 Å². The zero-order valence-electron chi connectivity index (χ0n) is 17.0. The first-order valence-electron chi connectivity index (χ1n) is 10.5. The monoisotopic (exact) mass is 418 g/mol. The number of fused-ring (bicyclic) bond motifs is 2. The van der Waals surface area contributed by atoms with Gasteiger partial charge in [0.05, 0.1) is 24.5 Å². The number of ether oxygens (including phenoxy) is 1. The molecule has 3 aliphatic rings. The Labute approximate surface area is 178 Å². The van der Waals surface area contributed by atoms with Crippen molar-refractivity contribution in [2.45, 2.75) is 25.0 Å². The summed E-state index contributed by atoms with van der Waals surface area (Å²) in [6.45, 7) is 2.62. The highest BCUT2D eigenvalue weighted by atomic mass is 16.5. The van der Waals surface area contributed by atoms with E-state index in [9.17, 15) is 9.59 Å². The van der Waals surface area contributed by atoms with Gasteiger partial charge in [-0.1, -0.05) is 35.5 Å². The number of amides is 2. The van der Waals surface area contributed by atoms with Crippen molar-refractivity contribution in [2.75, 3.05) is 18.0 Å². The lowest BCUT2D eigenvalue weighted by atomic mass is 9.77. The fourth-order valence-corrected chi connectivity index (χ4v) is 5.25. The van der Waals surface area contributed by atoms with E-state index in [1.54, 1.807) is 17.9 Å². The highest BCUT2D eigenvalue weighted by Gasteiger charge is 2.67. The van der Waals surface area contributed by atoms with Crippen LogP contribution in [0.3, 0.4) is 0 Å². The maximum atomic E-state index is 13.2. The molecule has 6 rings (SSSR count). The minimum Gasteiger partial charge on any atom is -0.361 e. The van der Waals surface area contributed by atoms with Gasteiger partial charge in [0.1, 0.15) is 11.4 Å². The maximum absolute atomic E-state index is 13.2. The summed E-state index contributed by atoms with van der Waals surface area (Å²) in [6.07, 6.45) is 6.16. The standard InChI is InChI=1S/C23H22N4O4/c1-13-10-18(26-31-13)27-12-23-8-6-17(30-23)19(20(23)22(27)29)21(28)24-9-7-14-11-25-16-5-3-2-4-15(14)16/h2-6,8,10-11,17,19-20,25H,7,9,12H2,1H3,(H,24,28)/t17-,19+,20+,23-/m0/s1. The number of aryl methyl sites for hydroxylation is 1. The predicted octanol–water partition coefficient (Wildman–Crippen LogP) is 2.11. The Kier molecular flexibility index (Phi) is 3.89. The van der Waals surface area contributed by atoms with E-state index in [-0.39, 0.29) is 17.9 Å². The Bertz CT molecular complexity index is 1230. The van der Waals surface area contributed by atoms with Gasteiger partial charge in [0.25, 0.3) is 0 Å². The van der Waals surface area contributed by atoms with E-state index >= 15 is 0 Å². The van der Waals surface area contributed by atoms with Crippen LogP contribution in [0.4, 0.5) is 5.82 Å². The van der Waals surface area contributed by atoms with Crippen LogP contribution in [0.5, 0.6) is 0 Å². The second kappa shape index (κ2) is 6.55. The molecule has 0 saturated carbocycles. The molecule has 0 aliphatic carbocycles. The molecule has 2 saturated heterocycles. The molecule has 5 heterocycles. The van der Waals surface area contributed by atoms with Gasteiger partial charge in [-0.05, 0) is 25.0 Å². The number of hydrogen-bond acceptors (Lipinski definition) is 5. The molecule has 1 aromatic carbocycles. The fourth-order valence-electron chi connectivity index (χ4n) is 5.25. The molecule has 3 aliphatic heterocycles. The van der Waals surface area contributed by atoms with Gasteiger partial charge in [-0.2, -0.15) is 0 Å². The zero-order valence-corrected chi connectivity index (χ0v) is 17.0. The minimum atomic E-state index is -0.770. The molecule has 2 amide bonds. The van der Waals surface area contributed by atoms with Crippen LogP contribution >= 0.6 is 0 Å². The van der Waals surface area contributed by atoms with E-state index in [2.05, 4.69) is 21.5 Å². The van der Waals surface area contributed by atoms with Crippen LogP contribution in [0.2, 0.25) is 0 Å². The number of carbonyl (C=O) groups excluding carboxylic acids is 2. The molecular weight excluding hydrogens is 396 g/mol. The molecule has 8 nitrogen and oxygen atoms in total. The van der Waals surface area contributed by atoms with Crippen LogP contribution < -0.4 is 10.2 Å². The molecule has 1 spiro atoms. The third kappa shape index (κ3) is 2.68. The number of nitrogens with one attached hydrogen (secondary N) is 2. The first-order chi connectivity index (χ1) is 15.1. The summed E-state index contributed by atoms with van der Waals surface area (Å²) in [5, 5.41) is 8.16. The zero-order chi connectivity index (χ0) is 21.2. The number of aromatic nitrogens is 2. The van der Waals surface area contributed by atoms with E-state index in [4.69, 9.17) is 9.26 Å². The molecular formula is C23H22N4O4. The van der Waals surface area contributed by atoms with E-state index < -0.39 is 17.4 Å². The molecule has 2 bridgehead atoms. The molecule has 158 valence electrons. The number of para-hydroxylation sites is 1. The molecule has 2 fully saturated rings. The number of nitrogens with zero attached hydrogens (tertiary/aromatic N) is 2. The van der Waals surface area contributed by atoms with Crippen molar-refractivity contribution in [2.24, 2.45) is 11.8 Å². The van der Waals surface area contributed by atoms with Crippen LogP contribution in [-0.4, -0.2) is 46.7 Å². The normalized spacial score (nSPS) is 28.6. The van der Waals surface area contributed by atoms with Crippen molar-refractivity contribution in [3.05, 3.63) is 60.0 Å². The predicted molar refractivity (Wildman–Crippen MR) is 112 cm³/mol. The van der Waals surface area contributed by atoms with Crippen molar-refractivity contribution in [1.82, 2.24) is 15.5 Å². The van der Waals surface area contributed by atoms with Gasteiger partial charge in [0, 0.05) is 29.7 Å². The quantitative estimate of drug-likeness (QED) is 0.618. The van der Waals surface area contributed by atoms with E-state index in [1.165, 1.54) is 0 Å². The van der Waals surface area contributed by atoms with Crippen molar-refractivity contribution in [3.8, 4) is 0 Å². The van der Waals surface area contributed by atoms with Crippen molar-refractivity contribution >= 4 is 28.5 Å². The summed E-state index contributed by atoms with van der Waals surface area (Å²) in [5.41, 5.74) is 1.46. The van der Waals surface area contributed by atoms with E-state index in [1.807, 2.05) is 36.5 Å². The summed E-state index contributed by atoms with van der Waals surface area (Å²) in [6, 6.07) is 9.82. The molecule has 2 aromatic heterocycles. The van der Waals surface area contributed by atoms with Gasteiger partial charge in [0.2, 0.25) is 11.8 Å².